The van der Waals surface area contributed by atoms with Gasteiger partial charge in [0, 0.05) is 44.7 Å². The van der Waals surface area contributed by atoms with Gasteiger partial charge < -0.3 is 14.5 Å². The molecule has 0 radical (unpaired) electrons. The van der Waals surface area contributed by atoms with E-state index in [1.807, 2.05) is 7.11 Å². The third kappa shape index (κ3) is 4.66. The molecule has 2 aliphatic heterocycles. The van der Waals surface area contributed by atoms with Gasteiger partial charge in [0.1, 0.15) is 0 Å². The van der Waals surface area contributed by atoms with Crippen molar-refractivity contribution in [3.63, 3.8) is 0 Å². The predicted octanol–water partition coefficient (Wildman–Crippen LogP) is 6.76. The summed E-state index contributed by atoms with van der Waals surface area (Å²) in [5.41, 5.74) is 5.27. The minimum absolute atomic E-state index is 0.447. The van der Waals surface area contributed by atoms with Crippen molar-refractivity contribution in [1.29, 1.82) is 0 Å². The molecule has 1 aliphatic carbocycles. The zero-order valence-electron chi connectivity index (χ0n) is 19.8. The second-order valence-corrected chi connectivity index (χ2v) is 10.2. The molecule has 4 rings (SSSR count). The van der Waals surface area contributed by atoms with E-state index in [1.54, 1.807) is 11.3 Å². The summed E-state index contributed by atoms with van der Waals surface area (Å²) < 4.78 is 5.60. The fourth-order valence-corrected chi connectivity index (χ4v) is 6.34. The van der Waals surface area contributed by atoms with Gasteiger partial charge in [0.15, 0.2) is 0 Å². The Morgan fingerprint density at radius 3 is 2.13 bits per heavy atom. The Labute approximate surface area is 185 Å². The first-order valence-electron chi connectivity index (χ1n) is 12.8. The van der Waals surface area contributed by atoms with Gasteiger partial charge >= 0.3 is 0 Å². The van der Waals surface area contributed by atoms with Crippen molar-refractivity contribution in [3.05, 3.63) is 23.8 Å². The first kappa shape index (κ1) is 22.0. The number of benzene rings is 1. The highest BCUT2D eigenvalue weighted by Gasteiger charge is 2.34. The van der Waals surface area contributed by atoms with Gasteiger partial charge in [-0.25, -0.2) is 0 Å². The molecule has 1 aromatic carbocycles. The number of hydrogen-bond donors (Lipinski definition) is 0. The Morgan fingerprint density at radius 1 is 0.867 bits per heavy atom. The standard InChI is InChI=1S/C27H44N2O/c1-4-27(5-2)15-11-22(12-16-27)25-21-23(28-19-13-24(30-3)14-20-28)9-10-26(25)29-17-7-6-8-18-29/h9-10,21-22,24H,4-8,11-20H2,1-3H3. The SMILES string of the molecule is CCC1(CC)CCC(c2cc(N3CCC(OC)CC3)ccc2N2CCCCC2)CC1. The highest BCUT2D eigenvalue weighted by Crippen LogP contribution is 2.49. The molecule has 2 saturated heterocycles. The van der Waals surface area contributed by atoms with Gasteiger partial charge in [-0.1, -0.05) is 26.7 Å². The van der Waals surface area contributed by atoms with Gasteiger partial charge in [-0.3, -0.25) is 0 Å². The second-order valence-electron chi connectivity index (χ2n) is 10.2. The van der Waals surface area contributed by atoms with Crippen molar-refractivity contribution >= 4 is 11.4 Å². The molecule has 2 heterocycles. The Balaban J connectivity index is 1.57. The minimum atomic E-state index is 0.447. The monoisotopic (exact) mass is 412 g/mol. The summed E-state index contributed by atoms with van der Waals surface area (Å²) in [6.07, 6.45) is 15.1. The fraction of sp³-hybridized carbons (Fsp3) is 0.778. The highest BCUT2D eigenvalue weighted by atomic mass is 16.5. The summed E-state index contributed by atoms with van der Waals surface area (Å²) in [5.74, 6) is 0.740. The topological polar surface area (TPSA) is 15.7 Å². The van der Waals surface area contributed by atoms with E-state index in [-0.39, 0.29) is 0 Å². The second kappa shape index (κ2) is 9.94. The number of nitrogens with zero attached hydrogens (tertiary/aromatic N) is 2. The van der Waals surface area contributed by atoms with Gasteiger partial charge in [-0.2, -0.15) is 0 Å². The molecular weight excluding hydrogens is 368 g/mol. The number of ether oxygens (including phenoxy) is 1. The minimum Gasteiger partial charge on any atom is -0.381 e. The number of piperidine rings is 2. The molecule has 30 heavy (non-hydrogen) atoms. The average molecular weight is 413 g/mol. The number of hydrogen-bond acceptors (Lipinski definition) is 3. The van der Waals surface area contributed by atoms with E-state index >= 15 is 0 Å². The fourth-order valence-electron chi connectivity index (χ4n) is 6.34. The summed E-state index contributed by atoms with van der Waals surface area (Å²) in [7, 11) is 1.86. The summed E-state index contributed by atoms with van der Waals surface area (Å²) >= 11 is 0. The van der Waals surface area contributed by atoms with Crippen molar-refractivity contribution in [2.45, 2.75) is 96.5 Å². The van der Waals surface area contributed by atoms with E-state index in [0.29, 0.717) is 11.5 Å². The van der Waals surface area contributed by atoms with Crippen LogP contribution in [-0.2, 0) is 4.74 Å². The number of rotatable bonds is 6. The Bertz CT molecular complexity index is 659. The van der Waals surface area contributed by atoms with Crippen molar-refractivity contribution in [2.24, 2.45) is 5.41 Å². The highest BCUT2D eigenvalue weighted by molar-refractivity contribution is 5.63. The maximum absolute atomic E-state index is 5.60. The molecule has 168 valence electrons. The molecule has 1 aromatic rings. The van der Waals surface area contributed by atoms with Gasteiger partial charge in [-0.05, 0) is 92.9 Å². The van der Waals surface area contributed by atoms with Crippen LogP contribution in [0.4, 0.5) is 11.4 Å². The predicted molar refractivity (Wildman–Crippen MR) is 129 cm³/mol. The largest absolute Gasteiger partial charge is 0.381 e. The van der Waals surface area contributed by atoms with E-state index < -0.39 is 0 Å². The molecule has 3 aliphatic rings. The molecule has 0 atom stereocenters. The quantitative estimate of drug-likeness (QED) is 0.513. The Morgan fingerprint density at radius 2 is 1.53 bits per heavy atom. The maximum atomic E-state index is 5.60. The summed E-state index contributed by atoms with van der Waals surface area (Å²) in [4.78, 5) is 5.30. The lowest BCUT2D eigenvalue weighted by atomic mass is 9.66. The van der Waals surface area contributed by atoms with Crippen LogP contribution in [0.25, 0.3) is 0 Å². The zero-order chi connectivity index (χ0) is 21.0. The smallest absolute Gasteiger partial charge is 0.0605 e. The lowest BCUT2D eigenvalue weighted by Crippen LogP contribution is -2.37. The van der Waals surface area contributed by atoms with Crippen LogP contribution in [-0.4, -0.2) is 39.4 Å². The zero-order valence-corrected chi connectivity index (χ0v) is 19.8. The summed E-state index contributed by atoms with van der Waals surface area (Å²) in [6, 6.07) is 7.47. The van der Waals surface area contributed by atoms with Crippen LogP contribution in [0.5, 0.6) is 0 Å². The van der Waals surface area contributed by atoms with E-state index in [4.69, 9.17) is 4.74 Å². The normalized spacial score (nSPS) is 23.7. The van der Waals surface area contributed by atoms with E-state index in [9.17, 15) is 0 Å². The number of methoxy groups -OCH3 is 1. The molecule has 3 fully saturated rings. The lowest BCUT2D eigenvalue weighted by molar-refractivity contribution is 0.0819. The number of anilines is 2. The molecule has 3 nitrogen and oxygen atoms in total. The van der Waals surface area contributed by atoms with E-state index in [1.165, 1.54) is 76.6 Å². The lowest BCUT2D eigenvalue weighted by Gasteiger charge is -2.41. The average Bonchev–Trinajstić information content (AvgIpc) is 2.84. The third-order valence-corrected chi connectivity index (χ3v) is 8.83. The molecule has 3 heteroatoms. The molecule has 0 unspecified atom stereocenters. The van der Waals surface area contributed by atoms with Crippen LogP contribution in [0.3, 0.4) is 0 Å². The van der Waals surface area contributed by atoms with E-state index in [0.717, 1.165) is 31.8 Å². The van der Waals surface area contributed by atoms with Crippen LogP contribution in [0.15, 0.2) is 18.2 Å². The molecular formula is C27H44N2O. The first-order valence-corrected chi connectivity index (χ1v) is 12.8. The van der Waals surface area contributed by atoms with Crippen molar-refractivity contribution < 1.29 is 4.74 Å². The van der Waals surface area contributed by atoms with Gasteiger partial charge in [-0.15, -0.1) is 0 Å². The van der Waals surface area contributed by atoms with Gasteiger partial charge in [0.2, 0.25) is 0 Å². The van der Waals surface area contributed by atoms with Crippen molar-refractivity contribution in [2.75, 3.05) is 43.1 Å². The van der Waals surface area contributed by atoms with Gasteiger partial charge in [0.25, 0.3) is 0 Å². The van der Waals surface area contributed by atoms with Crippen LogP contribution in [0, 0.1) is 5.41 Å². The van der Waals surface area contributed by atoms with Crippen LogP contribution in [0.1, 0.15) is 96.0 Å². The molecule has 0 spiro atoms. The van der Waals surface area contributed by atoms with E-state index in [2.05, 4.69) is 41.8 Å². The van der Waals surface area contributed by atoms with Crippen molar-refractivity contribution in [1.82, 2.24) is 0 Å². The first-order chi connectivity index (χ1) is 14.7. The molecule has 0 amide bonds. The Kier molecular flexibility index (Phi) is 7.28. The van der Waals surface area contributed by atoms with Gasteiger partial charge in [0.05, 0.1) is 6.10 Å². The summed E-state index contributed by atoms with van der Waals surface area (Å²) in [5, 5.41) is 0. The van der Waals surface area contributed by atoms with Crippen LogP contribution >= 0.6 is 0 Å². The molecule has 0 N–H and O–H groups in total. The third-order valence-electron chi connectivity index (χ3n) is 8.83. The van der Waals surface area contributed by atoms with Crippen LogP contribution < -0.4 is 9.80 Å². The maximum Gasteiger partial charge on any atom is 0.0605 e. The van der Waals surface area contributed by atoms with Crippen molar-refractivity contribution in [3.8, 4) is 0 Å². The molecule has 1 saturated carbocycles. The summed E-state index contributed by atoms with van der Waals surface area (Å²) in [6.45, 7) is 9.56. The van der Waals surface area contributed by atoms with Crippen LogP contribution in [0.2, 0.25) is 0 Å². The Hall–Kier alpha value is -1.22. The molecule has 0 aromatic heterocycles. The molecule has 0 bridgehead atoms.